The second-order valence-corrected chi connectivity index (χ2v) is 7.36. The van der Waals surface area contributed by atoms with Gasteiger partial charge in [0.1, 0.15) is 6.10 Å². The molecule has 1 aromatic carbocycles. The van der Waals surface area contributed by atoms with E-state index in [2.05, 4.69) is 10.3 Å². The van der Waals surface area contributed by atoms with Crippen molar-refractivity contribution < 1.29 is 34.3 Å². The molecule has 1 aromatic heterocycles. The normalized spacial score (nSPS) is 19.8. The van der Waals surface area contributed by atoms with Crippen molar-refractivity contribution in [1.82, 2.24) is 4.98 Å². The molecule has 3 atom stereocenters. The number of nitrogens with zero attached hydrogens (tertiary/aromatic N) is 3. The van der Waals surface area contributed by atoms with E-state index in [1.165, 1.54) is 19.1 Å². The minimum atomic E-state index is -0.984. The Morgan fingerprint density at radius 1 is 1.27 bits per heavy atom. The highest BCUT2D eigenvalue weighted by Gasteiger charge is 2.37. The van der Waals surface area contributed by atoms with E-state index in [9.17, 15) is 35.2 Å². The molecular formula is C20H22N4O9. The van der Waals surface area contributed by atoms with Crippen molar-refractivity contribution >= 4 is 23.1 Å². The van der Waals surface area contributed by atoms with Gasteiger partial charge in [0.15, 0.2) is 0 Å². The Balaban J connectivity index is 1.87. The quantitative estimate of drug-likeness (QED) is 0.365. The molecule has 13 nitrogen and oxygen atoms in total. The lowest BCUT2D eigenvalue weighted by atomic mass is 10.0. The monoisotopic (exact) mass is 462 g/mol. The molecule has 176 valence electrons. The summed E-state index contributed by atoms with van der Waals surface area (Å²) in [5.41, 5.74) is 0.413. The fourth-order valence-corrected chi connectivity index (χ4v) is 3.39. The van der Waals surface area contributed by atoms with Crippen LogP contribution < -0.4 is 10.1 Å². The Morgan fingerprint density at radius 3 is 2.52 bits per heavy atom. The molecule has 0 saturated carbocycles. The number of hydrogen-bond donors (Lipinski definition) is 3. The SMILES string of the molecule is CC(=O)Nc1nc(OCCc2ccc([N+](=O)[O-])cc2)c(C2CC(O)C(CO)O2)cc1[N+](=O)[O-]. The third-order valence-electron chi connectivity index (χ3n) is 5.01. The fourth-order valence-electron chi connectivity index (χ4n) is 3.39. The maximum atomic E-state index is 11.5. The predicted octanol–water partition coefficient (Wildman–Crippen LogP) is 1.66. The molecule has 0 spiro atoms. The van der Waals surface area contributed by atoms with E-state index in [4.69, 9.17) is 9.47 Å². The summed E-state index contributed by atoms with van der Waals surface area (Å²) in [6.07, 6.45) is -2.27. The fraction of sp³-hybridized carbons (Fsp3) is 0.400. The number of pyridine rings is 1. The van der Waals surface area contributed by atoms with Crippen LogP contribution in [0.3, 0.4) is 0 Å². The first kappa shape index (κ1) is 24.0. The van der Waals surface area contributed by atoms with Gasteiger partial charge in [-0.1, -0.05) is 12.1 Å². The largest absolute Gasteiger partial charge is 0.477 e. The predicted molar refractivity (Wildman–Crippen MR) is 113 cm³/mol. The van der Waals surface area contributed by atoms with E-state index < -0.39 is 46.4 Å². The van der Waals surface area contributed by atoms with Crippen LogP contribution >= 0.6 is 0 Å². The number of benzene rings is 1. The molecule has 1 saturated heterocycles. The van der Waals surface area contributed by atoms with E-state index in [0.29, 0.717) is 6.42 Å². The number of carbonyl (C=O) groups is 1. The topological polar surface area (TPSA) is 187 Å². The van der Waals surface area contributed by atoms with Crippen LogP contribution in [0.25, 0.3) is 0 Å². The number of ether oxygens (including phenoxy) is 2. The molecule has 1 aliphatic rings. The third-order valence-corrected chi connectivity index (χ3v) is 5.01. The summed E-state index contributed by atoms with van der Waals surface area (Å²) in [4.78, 5) is 36.7. The number of anilines is 1. The minimum absolute atomic E-state index is 0.0398. The molecule has 1 amide bonds. The van der Waals surface area contributed by atoms with Gasteiger partial charge in [-0.2, -0.15) is 4.98 Å². The second kappa shape index (κ2) is 10.3. The van der Waals surface area contributed by atoms with E-state index in [1.54, 1.807) is 12.1 Å². The van der Waals surface area contributed by atoms with Crippen molar-refractivity contribution in [1.29, 1.82) is 0 Å². The summed E-state index contributed by atoms with van der Waals surface area (Å²) >= 11 is 0. The van der Waals surface area contributed by atoms with Crippen LogP contribution in [0, 0.1) is 20.2 Å². The zero-order valence-corrected chi connectivity index (χ0v) is 17.5. The minimum Gasteiger partial charge on any atom is -0.477 e. The summed E-state index contributed by atoms with van der Waals surface area (Å²) in [6, 6.07) is 7.05. The summed E-state index contributed by atoms with van der Waals surface area (Å²) < 4.78 is 11.4. The molecule has 3 unspecified atom stereocenters. The number of nitro benzene ring substituents is 1. The van der Waals surface area contributed by atoms with Gasteiger partial charge in [0.05, 0.1) is 40.8 Å². The molecule has 33 heavy (non-hydrogen) atoms. The molecule has 13 heteroatoms. The summed E-state index contributed by atoms with van der Waals surface area (Å²) in [6.45, 7) is 0.804. The Morgan fingerprint density at radius 2 is 1.97 bits per heavy atom. The first-order valence-corrected chi connectivity index (χ1v) is 9.97. The van der Waals surface area contributed by atoms with Gasteiger partial charge in [-0.15, -0.1) is 0 Å². The lowest BCUT2D eigenvalue weighted by Gasteiger charge is -2.17. The Bertz CT molecular complexity index is 1040. The number of rotatable bonds is 9. The van der Waals surface area contributed by atoms with Crippen molar-refractivity contribution in [3.05, 3.63) is 61.7 Å². The molecule has 1 aliphatic heterocycles. The standard InChI is InChI=1S/C20H22N4O9/c1-11(26)21-19-15(24(30)31)8-14(17-9-16(27)18(10-25)33-17)20(22-19)32-7-6-12-2-4-13(5-3-12)23(28)29/h2-5,8,16-18,25,27H,6-7,9-10H2,1H3,(H,21,22,26). The molecule has 3 N–H and O–H groups in total. The van der Waals surface area contributed by atoms with Gasteiger partial charge in [0.2, 0.25) is 17.6 Å². The maximum Gasteiger partial charge on any atom is 0.312 e. The molecule has 1 fully saturated rings. The highest BCUT2D eigenvalue weighted by atomic mass is 16.6. The highest BCUT2D eigenvalue weighted by molar-refractivity contribution is 5.90. The van der Waals surface area contributed by atoms with Crippen molar-refractivity contribution in [3.63, 3.8) is 0 Å². The van der Waals surface area contributed by atoms with Crippen molar-refractivity contribution in [2.24, 2.45) is 0 Å². The van der Waals surface area contributed by atoms with E-state index in [0.717, 1.165) is 11.6 Å². The number of non-ortho nitro benzene ring substituents is 1. The molecule has 0 radical (unpaired) electrons. The highest BCUT2D eigenvalue weighted by Crippen LogP contribution is 2.40. The molecule has 2 aromatic rings. The number of aliphatic hydroxyl groups excluding tert-OH is 2. The number of hydrogen-bond acceptors (Lipinski definition) is 10. The number of carbonyl (C=O) groups excluding carboxylic acids is 1. The van der Waals surface area contributed by atoms with Crippen molar-refractivity contribution in [2.45, 2.75) is 38.1 Å². The second-order valence-electron chi connectivity index (χ2n) is 7.36. The Labute approximate surface area is 187 Å². The molecule has 3 rings (SSSR count). The van der Waals surface area contributed by atoms with Gasteiger partial charge in [0.25, 0.3) is 5.69 Å². The van der Waals surface area contributed by atoms with Gasteiger partial charge in [0, 0.05) is 38.0 Å². The Kier molecular flexibility index (Phi) is 7.48. The van der Waals surface area contributed by atoms with Crippen LogP contribution in [0.2, 0.25) is 0 Å². The Hall–Kier alpha value is -3.68. The summed E-state index contributed by atoms with van der Waals surface area (Å²) in [7, 11) is 0. The number of aromatic nitrogens is 1. The van der Waals surface area contributed by atoms with E-state index >= 15 is 0 Å². The first-order chi connectivity index (χ1) is 15.7. The van der Waals surface area contributed by atoms with Crippen LogP contribution in [0.5, 0.6) is 5.88 Å². The molecular weight excluding hydrogens is 440 g/mol. The van der Waals surface area contributed by atoms with Gasteiger partial charge in [-0.05, 0) is 5.56 Å². The molecule has 0 aliphatic carbocycles. The van der Waals surface area contributed by atoms with Crippen LogP contribution in [-0.4, -0.2) is 56.4 Å². The smallest absolute Gasteiger partial charge is 0.312 e. The van der Waals surface area contributed by atoms with Crippen LogP contribution in [0.4, 0.5) is 17.2 Å². The molecule has 0 bridgehead atoms. The average Bonchev–Trinajstić information content (AvgIpc) is 3.14. The zero-order chi connectivity index (χ0) is 24.1. The number of nitrogens with one attached hydrogen (secondary N) is 1. The van der Waals surface area contributed by atoms with Gasteiger partial charge >= 0.3 is 5.69 Å². The van der Waals surface area contributed by atoms with Gasteiger partial charge in [-0.25, -0.2) is 0 Å². The summed E-state index contributed by atoms with van der Waals surface area (Å²) in [5, 5.41) is 44.0. The number of nitro groups is 2. The van der Waals surface area contributed by atoms with Gasteiger partial charge in [-0.3, -0.25) is 25.0 Å². The van der Waals surface area contributed by atoms with E-state index in [-0.39, 0.29) is 36.0 Å². The number of amides is 1. The van der Waals surface area contributed by atoms with Gasteiger partial charge < -0.3 is 25.0 Å². The zero-order valence-electron chi connectivity index (χ0n) is 17.5. The average molecular weight is 462 g/mol. The lowest BCUT2D eigenvalue weighted by molar-refractivity contribution is -0.384. The van der Waals surface area contributed by atoms with Crippen LogP contribution in [0.15, 0.2) is 30.3 Å². The molecule has 2 heterocycles. The first-order valence-electron chi connectivity index (χ1n) is 9.97. The number of aliphatic hydroxyl groups is 2. The summed E-state index contributed by atoms with van der Waals surface area (Å²) in [5.74, 6) is -0.913. The lowest BCUT2D eigenvalue weighted by Crippen LogP contribution is -2.24. The van der Waals surface area contributed by atoms with Crippen LogP contribution in [-0.2, 0) is 16.0 Å². The van der Waals surface area contributed by atoms with Crippen LogP contribution in [0.1, 0.15) is 30.6 Å². The van der Waals surface area contributed by atoms with Crippen molar-refractivity contribution in [3.8, 4) is 5.88 Å². The van der Waals surface area contributed by atoms with E-state index in [1.807, 2.05) is 0 Å². The van der Waals surface area contributed by atoms with Crippen molar-refractivity contribution in [2.75, 3.05) is 18.5 Å². The third kappa shape index (κ3) is 5.77. The maximum absolute atomic E-state index is 11.5.